The van der Waals surface area contributed by atoms with Gasteiger partial charge in [0.25, 0.3) is 0 Å². The third-order valence-electron chi connectivity index (χ3n) is 3.13. The van der Waals surface area contributed by atoms with Crippen molar-refractivity contribution in [2.24, 2.45) is 0 Å². The van der Waals surface area contributed by atoms with Crippen molar-refractivity contribution in [2.75, 3.05) is 24.6 Å². The molecule has 1 aliphatic heterocycles. The van der Waals surface area contributed by atoms with Gasteiger partial charge in [0.15, 0.2) is 0 Å². The zero-order chi connectivity index (χ0) is 13.0. The summed E-state index contributed by atoms with van der Waals surface area (Å²) in [4.78, 5) is 14.3. The molecule has 0 saturated carbocycles. The van der Waals surface area contributed by atoms with E-state index in [1.165, 1.54) is 6.42 Å². The van der Waals surface area contributed by atoms with Crippen molar-refractivity contribution in [1.82, 2.24) is 4.90 Å². The van der Waals surface area contributed by atoms with Crippen molar-refractivity contribution in [2.45, 2.75) is 24.2 Å². The summed E-state index contributed by atoms with van der Waals surface area (Å²) in [7, 11) is -1.34. The first-order valence-corrected chi connectivity index (χ1v) is 7.51. The van der Waals surface area contributed by atoms with Crippen LogP contribution in [0.5, 0.6) is 0 Å². The van der Waals surface area contributed by atoms with Crippen LogP contribution in [-0.4, -0.2) is 33.9 Å². The zero-order valence-electron chi connectivity index (χ0n) is 10.3. The molecule has 5 heteroatoms. The predicted molar refractivity (Wildman–Crippen MR) is 72.6 cm³/mol. The van der Waals surface area contributed by atoms with Crippen LogP contribution in [0.2, 0.25) is 0 Å². The molecule has 2 rings (SSSR count). The molecule has 1 unspecified atom stereocenters. The molecule has 1 heterocycles. The topological polar surface area (TPSA) is 63.4 Å². The SMILES string of the molecule is Nc1ccccc1S(=O)CC(=O)N1CCCCC1. The number of amides is 1. The highest BCUT2D eigenvalue weighted by Gasteiger charge is 2.19. The Kier molecular flexibility index (Phi) is 4.36. The van der Waals surface area contributed by atoms with Gasteiger partial charge in [-0.05, 0) is 31.4 Å². The highest BCUT2D eigenvalue weighted by Crippen LogP contribution is 2.16. The largest absolute Gasteiger partial charge is 0.398 e. The summed E-state index contributed by atoms with van der Waals surface area (Å²) in [5, 5.41) is 0. The van der Waals surface area contributed by atoms with Crippen molar-refractivity contribution < 1.29 is 9.00 Å². The quantitative estimate of drug-likeness (QED) is 0.841. The Morgan fingerprint density at radius 1 is 1.22 bits per heavy atom. The highest BCUT2D eigenvalue weighted by molar-refractivity contribution is 7.86. The molecule has 1 saturated heterocycles. The Morgan fingerprint density at radius 3 is 2.56 bits per heavy atom. The number of rotatable bonds is 3. The number of carbonyl (C=O) groups excluding carboxylic acids is 1. The lowest BCUT2D eigenvalue weighted by atomic mass is 10.1. The maximum atomic E-state index is 12.1. The van der Waals surface area contributed by atoms with E-state index in [-0.39, 0.29) is 11.7 Å². The molecule has 1 amide bonds. The first-order chi connectivity index (χ1) is 8.68. The number of likely N-dealkylation sites (tertiary alicyclic amines) is 1. The number of para-hydroxylation sites is 1. The lowest BCUT2D eigenvalue weighted by molar-refractivity contribution is -0.129. The molecule has 0 aliphatic carbocycles. The van der Waals surface area contributed by atoms with Gasteiger partial charge in [0.2, 0.25) is 5.91 Å². The van der Waals surface area contributed by atoms with Crippen molar-refractivity contribution in [3.05, 3.63) is 24.3 Å². The summed E-state index contributed by atoms with van der Waals surface area (Å²) < 4.78 is 12.1. The summed E-state index contributed by atoms with van der Waals surface area (Å²) in [6.07, 6.45) is 3.27. The third-order valence-corrected chi connectivity index (χ3v) is 4.50. The number of nitrogens with zero attached hydrogens (tertiary/aromatic N) is 1. The monoisotopic (exact) mass is 266 g/mol. The maximum Gasteiger partial charge on any atom is 0.235 e. The summed E-state index contributed by atoms with van der Waals surface area (Å²) in [5.74, 6) is 0.00471. The molecular formula is C13H18N2O2S. The van der Waals surface area contributed by atoms with Crippen LogP contribution in [0, 0.1) is 0 Å². The van der Waals surface area contributed by atoms with Gasteiger partial charge in [0.1, 0.15) is 5.75 Å². The van der Waals surface area contributed by atoms with Crippen molar-refractivity contribution in [3.63, 3.8) is 0 Å². The number of anilines is 1. The molecule has 0 radical (unpaired) electrons. The molecule has 0 bridgehead atoms. The summed E-state index contributed by atoms with van der Waals surface area (Å²) >= 11 is 0. The van der Waals surface area contributed by atoms with Gasteiger partial charge in [-0.25, -0.2) is 0 Å². The average molecular weight is 266 g/mol. The smallest absolute Gasteiger partial charge is 0.235 e. The van der Waals surface area contributed by atoms with Crippen LogP contribution >= 0.6 is 0 Å². The van der Waals surface area contributed by atoms with E-state index in [4.69, 9.17) is 5.73 Å². The van der Waals surface area contributed by atoms with Crippen LogP contribution in [0.4, 0.5) is 5.69 Å². The first kappa shape index (κ1) is 13.1. The minimum Gasteiger partial charge on any atom is -0.398 e. The van der Waals surface area contributed by atoms with E-state index in [1.807, 2.05) is 0 Å². The standard InChI is InChI=1S/C13H18N2O2S/c14-11-6-2-3-7-12(11)18(17)10-13(16)15-8-4-1-5-9-15/h2-3,6-7H,1,4-5,8-10,14H2. The molecule has 2 N–H and O–H groups in total. The normalized spacial score (nSPS) is 17.4. The molecule has 18 heavy (non-hydrogen) atoms. The molecule has 1 fully saturated rings. The number of hydrogen-bond donors (Lipinski definition) is 1. The minimum absolute atomic E-state index is 0.0312. The van der Waals surface area contributed by atoms with E-state index in [9.17, 15) is 9.00 Å². The van der Waals surface area contributed by atoms with E-state index in [1.54, 1.807) is 29.2 Å². The third kappa shape index (κ3) is 3.10. The number of carbonyl (C=O) groups is 1. The first-order valence-electron chi connectivity index (χ1n) is 6.19. The van der Waals surface area contributed by atoms with Gasteiger partial charge in [0, 0.05) is 18.8 Å². The van der Waals surface area contributed by atoms with E-state index in [0.717, 1.165) is 25.9 Å². The minimum atomic E-state index is -1.34. The van der Waals surface area contributed by atoms with Gasteiger partial charge in [-0.15, -0.1) is 0 Å². The molecule has 1 atom stereocenters. The van der Waals surface area contributed by atoms with Crippen LogP contribution in [0.3, 0.4) is 0 Å². The molecule has 0 aromatic heterocycles. The molecule has 98 valence electrons. The van der Waals surface area contributed by atoms with E-state index in [0.29, 0.717) is 10.6 Å². The molecule has 0 spiro atoms. The second-order valence-corrected chi connectivity index (χ2v) is 5.89. The van der Waals surface area contributed by atoms with Gasteiger partial charge in [0.05, 0.1) is 15.7 Å². The van der Waals surface area contributed by atoms with Crippen LogP contribution in [0.15, 0.2) is 29.2 Å². The zero-order valence-corrected chi connectivity index (χ0v) is 11.1. The fourth-order valence-electron chi connectivity index (χ4n) is 2.11. The van der Waals surface area contributed by atoms with Crippen LogP contribution in [0.1, 0.15) is 19.3 Å². The molecule has 4 nitrogen and oxygen atoms in total. The number of piperidine rings is 1. The fourth-order valence-corrected chi connectivity index (χ4v) is 3.24. The Morgan fingerprint density at radius 2 is 1.89 bits per heavy atom. The van der Waals surface area contributed by atoms with Crippen molar-refractivity contribution in [1.29, 1.82) is 0 Å². The maximum absolute atomic E-state index is 12.1. The molecule has 1 aromatic carbocycles. The number of nitrogens with two attached hydrogens (primary N) is 1. The Balaban J connectivity index is 1.99. The summed E-state index contributed by atoms with van der Waals surface area (Å²) in [6.45, 7) is 1.58. The lowest BCUT2D eigenvalue weighted by Gasteiger charge is -2.26. The highest BCUT2D eigenvalue weighted by atomic mass is 32.2. The second kappa shape index (κ2) is 6.00. The Bertz CT molecular complexity index is 456. The van der Waals surface area contributed by atoms with Crippen LogP contribution in [-0.2, 0) is 15.6 Å². The molecule has 1 aromatic rings. The second-order valence-electron chi connectivity index (χ2n) is 4.47. The van der Waals surface area contributed by atoms with Gasteiger partial charge < -0.3 is 10.6 Å². The predicted octanol–water partition coefficient (Wildman–Crippen LogP) is 1.39. The fraction of sp³-hybridized carbons (Fsp3) is 0.462. The van der Waals surface area contributed by atoms with Gasteiger partial charge in [-0.2, -0.15) is 0 Å². The summed E-state index contributed by atoms with van der Waals surface area (Å²) in [5.41, 5.74) is 6.25. The van der Waals surface area contributed by atoms with E-state index < -0.39 is 10.8 Å². The number of hydrogen-bond acceptors (Lipinski definition) is 3. The lowest BCUT2D eigenvalue weighted by Crippen LogP contribution is -2.38. The van der Waals surface area contributed by atoms with Crippen LogP contribution < -0.4 is 5.73 Å². The number of nitrogen functional groups attached to an aromatic ring is 1. The van der Waals surface area contributed by atoms with E-state index >= 15 is 0 Å². The number of benzene rings is 1. The van der Waals surface area contributed by atoms with Crippen LogP contribution in [0.25, 0.3) is 0 Å². The van der Waals surface area contributed by atoms with Crippen molar-refractivity contribution >= 4 is 22.4 Å². The Hall–Kier alpha value is -1.36. The van der Waals surface area contributed by atoms with Gasteiger partial charge >= 0.3 is 0 Å². The van der Waals surface area contributed by atoms with Gasteiger partial charge in [-0.3, -0.25) is 9.00 Å². The van der Waals surface area contributed by atoms with Gasteiger partial charge in [-0.1, -0.05) is 12.1 Å². The van der Waals surface area contributed by atoms with E-state index in [2.05, 4.69) is 0 Å². The summed E-state index contributed by atoms with van der Waals surface area (Å²) in [6, 6.07) is 7.00. The average Bonchev–Trinajstić information content (AvgIpc) is 2.40. The van der Waals surface area contributed by atoms with Crippen molar-refractivity contribution in [3.8, 4) is 0 Å². The Labute approximate surface area is 110 Å². The molecule has 1 aliphatic rings. The molecular weight excluding hydrogens is 248 g/mol.